The van der Waals surface area contributed by atoms with E-state index in [2.05, 4.69) is 4.90 Å². The molecule has 0 spiro atoms. The molecule has 0 amide bonds. The van der Waals surface area contributed by atoms with E-state index in [1.165, 1.54) is 0 Å². The molecule has 124 valence electrons. The Labute approximate surface area is 141 Å². The molecule has 5 nitrogen and oxygen atoms in total. The Morgan fingerprint density at radius 3 is 2.43 bits per heavy atom. The number of phenolic OH excluding ortho intramolecular Hbond substituents is 3. The Balaban J connectivity index is 0.00000192. The number of halogens is 1. The second-order valence-electron chi connectivity index (χ2n) is 5.59. The molecule has 1 heterocycles. The van der Waals surface area contributed by atoms with E-state index in [1.54, 1.807) is 36.4 Å². The predicted molar refractivity (Wildman–Crippen MR) is 89.7 cm³/mol. The molecule has 0 fully saturated rings. The van der Waals surface area contributed by atoms with Crippen molar-refractivity contribution in [3.63, 3.8) is 0 Å². The van der Waals surface area contributed by atoms with E-state index in [-0.39, 0.29) is 35.7 Å². The van der Waals surface area contributed by atoms with E-state index in [0.717, 1.165) is 24.1 Å². The standard InChI is InChI=1S/C17H19NO4.ClH/c1-18-7-6-11-8-16(20)17(21)9-14(11)15(18)10-22-13-4-2-12(19)3-5-13;/h2-5,8-9,15,19-21H,6-7,10H2,1H3;1H. The van der Waals surface area contributed by atoms with Crippen molar-refractivity contribution in [3.05, 3.63) is 47.5 Å². The summed E-state index contributed by atoms with van der Waals surface area (Å²) in [6.07, 6.45) is 0.829. The van der Waals surface area contributed by atoms with Gasteiger partial charge in [0.2, 0.25) is 0 Å². The Bertz CT molecular complexity index is 675. The number of nitrogens with zero attached hydrogens (tertiary/aromatic N) is 1. The summed E-state index contributed by atoms with van der Waals surface area (Å²) in [6, 6.07) is 9.84. The van der Waals surface area contributed by atoms with Gasteiger partial charge in [0, 0.05) is 6.54 Å². The van der Waals surface area contributed by atoms with Gasteiger partial charge >= 0.3 is 0 Å². The van der Waals surface area contributed by atoms with E-state index in [9.17, 15) is 15.3 Å². The molecule has 3 rings (SSSR count). The van der Waals surface area contributed by atoms with Gasteiger partial charge in [0.1, 0.15) is 18.1 Å². The van der Waals surface area contributed by atoms with Crippen molar-refractivity contribution in [2.75, 3.05) is 20.2 Å². The van der Waals surface area contributed by atoms with Crippen LogP contribution in [-0.2, 0) is 6.42 Å². The molecule has 0 saturated carbocycles. The van der Waals surface area contributed by atoms with Crippen molar-refractivity contribution < 1.29 is 20.1 Å². The highest BCUT2D eigenvalue weighted by Crippen LogP contribution is 2.36. The highest BCUT2D eigenvalue weighted by molar-refractivity contribution is 5.85. The minimum Gasteiger partial charge on any atom is -0.508 e. The molecule has 1 aliphatic heterocycles. The molecule has 0 aromatic heterocycles. The lowest BCUT2D eigenvalue weighted by Crippen LogP contribution is -2.35. The Morgan fingerprint density at radius 1 is 1.09 bits per heavy atom. The molecule has 2 aromatic rings. The first-order valence-corrected chi connectivity index (χ1v) is 7.21. The van der Waals surface area contributed by atoms with Crippen LogP contribution in [0.1, 0.15) is 17.2 Å². The first-order valence-electron chi connectivity index (χ1n) is 7.21. The number of hydrogen-bond donors (Lipinski definition) is 3. The van der Waals surface area contributed by atoms with Crippen molar-refractivity contribution in [3.8, 4) is 23.0 Å². The van der Waals surface area contributed by atoms with Crippen LogP contribution >= 0.6 is 12.4 Å². The molecular formula is C17H20ClNO4. The molecule has 1 aliphatic rings. The van der Waals surface area contributed by atoms with Gasteiger partial charge < -0.3 is 20.1 Å². The lowest BCUT2D eigenvalue weighted by atomic mass is 9.92. The first kappa shape index (κ1) is 17.2. The van der Waals surface area contributed by atoms with E-state index in [1.807, 2.05) is 7.05 Å². The number of ether oxygens (including phenoxy) is 1. The summed E-state index contributed by atoms with van der Waals surface area (Å²) in [5.74, 6) is 0.694. The maximum absolute atomic E-state index is 9.76. The zero-order valence-electron chi connectivity index (χ0n) is 12.8. The Morgan fingerprint density at radius 2 is 1.74 bits per heavy atom. The second-order valence-corrected chi connectivity index (χ2v) is 5.59. The van der Waals surface area contributed by atoms with Crippen LogP contribution in [-0.4, -0.2) is 40.4 Å². The van der Waals surface area contributed by atoms with Gasteiger partial charge in [-0.3, -0.25) is 4.90 Å². The highest BCUT2D eigenvalue weighted by Gasteiger charge is 2.26. The molecular weight excluding hydrogens is 318 g/mol. The molecule has 0 radical (unpaired) electrons. The van der Waals surface area contributed by atoms with Crippen molar-refractivity contribution in [1.29, 1.82) is 0 Å². The van der Waals surface area contributed by atoms with Crippen LogP contribution < -0.4 is 4.74 Å². The number of rotatable bonds is 3. The Kier molecular flexibility index (Phi) is 5.23. The summed E-state index contributed by atoms with van der Waals surface area (Å²) < 4.78 is 5.80. The molecule has 6 heteroatoms. The van der Waals surface area contributed by atoms with Crippen molar-refractivity contribution in [1.82, 2.24) is 4.90 Å². The monoisotopic (exact) mass is 337 g/mol. The van der Waals surface area contributed by atoms with Gasteiger partial charge in [0.15, 0.2) is 11.5 Å². The molecule has 1 atom stereocenters. The van der Waals surface area contributed by atoms with Crippen LogP contribution in [0.3, 0.4) is 0 Å². The van der Waals surface area contributed by atoms with Crippen LogP contribution in [0.2, 0.25) is 0 Å². The number of fused-ring (bicyclic) bond motifs is 1. The number of phenols is 3. The zero-order chi connectivity index (χ0) is 15.7. The number of likely N-dealkylation sites (N-methyl/N-ethyl adjacent to an activating group) is 1. The van der Waals surface area contributed by atoms with Crippen molar-refractivity contribution >= 4 is 12.4 Å². The topological polar surface area (TPSA) is 73.2 Å². The summed E-state index contributed by atoms with van der Waals surface area (Å²) in [6.45, 7) is 1.29. The summed E-state index contributed by atoms with van der Waals surface area (Å²) in [4.78, 5) is 2.17. The molecule has 0 aliphatic carbocycles. The van der Waals surface area contributed by atoms with Crippen LogP contribution in [0.25, 0.3) is 0 Å². The molecule has 0 saturated heterocycles. The maximum atomic E-state index is 9.76. The van der Waals surface area contributed by atoms with Crippen molar-refractivity contribution in [2.24, 2.45) is 0 Å². The minimum atomic E-state index is -0.108. The van der Waals surface area contributed by atoms with Gasteiger partial charge in [-0.05, 0) is 61.0 Å². The van der Waals surface area contributed by atoms with Gasteiger partial charge in [0.05, 0.1) is 6.04 Å². The Hall–Kier alpha value is -2.11. The van der Waals surface area contributed by atoms with Gasteiger partial charge in [0.25, 0.3) is 0 Å². The third-order valence-electron chi connectivity index (χ3n) is 4.11. The van der Waals surface area contributed by atoms with Gasteiger partial charge in [-0.1, -0.05) is 0 Å². The van der Waals surface area contributed by atoms with E-state index < -0.39 is 0 Å². The zero-order valence-corrected chi connectivity index (χ0v) is 13.6. The first-order chi connectivity index (χ1) is 10.5. The summed E-state index contributed by atoms with van der Waals surface area (Å²) in [7, 11) is 2.01. The fourth-order valence-corrected chi connectivity index (χ4v) is 2.79. The molecule has 23 heavy (non-hydrogen) atoms. The average Bonchev–Trinajstić information content (AvgIpc) is 2.50. The SMILES string of the molecule is CN1CCc2cc(O)c(O)cc2C1COc1ccc(O)cc1.Cl. The molecule has 0 bridgehead atoms. The van der Waals surface area contributed by atoms with Crippen molar-refractivity contribution in [2.45, 2.75) is 12.5 Å². The normalized spacial score (nSPS) is 17.2. The summed E-state index contributed by atoms with van der Waals surface area (Å²) in [5.41, 5.74) is 2.01. The fourth-order valence-electron chi connectivity index (χ4n) is 2.79. The largest absolute Gasteiger partial charge is 0.508 e. The third kappa shape index (κ3) is 3.63. The number of hydrogen-bond acceptors (Lipinski definition) is 5. The van der Waals surface area contributed by atoms with Crippen LogP contribution in [0.15, 0.2) is 36.4 Å². The van der Waals surface area contributed by atoms with E-state index in [0.29, 0.717) is 12.4 Å². The highest BCUT2D eigenvalue weighted by atomic mass is 35.5. The minimum absolute atomic E-state index is 0. The predicted octanol–water partition coefficient (Wildman–Crippen LogP) is 2.83. The van der Waals surface area contributed by atoms with Gasteiger partial charge in [-0.25, -0.2) is 0 Å². The molecule has 3 N–H and O–H groups in total. The molecule has 2 aromatic carbocycles. The quantitative estimate of drug-likeness (QED) is 0.751. The molecule has 1 unspecified atom stereocenters. The van der Waals surface area contributed by atoms with Gasteiger partial charge in [-0.2, -0.15) is 0 Å². The van der Waals surface area contributed by atoms with Crippen LogP contribution in [0, 0.1) is 0 Å². The van der Waals surface area contributed by atoms with Gasteiger partial charge in [-0.15, -0.1) is 12.4 Å². The maximum Gasteiger partial charge on any atom is 0.157 e. The van der Waals surface area contributed by atoms with Crippen LogP contribution in [0.5, 0.6) is 23.0 Å². The van der Waals surface area contributed by atoms with E-state index >= 15 is 0 Å². The lowest BCUT2D eigenvalue weighted by Gasteiger charge is -2.34. The lowest BCUT2D eigenvalue weighted by molar-refractivity contribution is 0.152. The second kappa shape index (κ2) is 6.98. The average molecular weight is 338 g/mol. The van der Waals surface area contributed by atoms with Crippen LogP contribution in [0.4, 0.5) is 0 Å². The summed E-state index contributed by atoms with van der Waals surface area (Å²) in [5, 5.41) is 28.7. The number of benzene rings is 2. The summed E-state index contributed by atoms with van der Waals surface area (Å²) >= 11 is 0. The smallest absolute Gasteiger partial charge is 0.157 e. The third-order valence-corrected chi connectivity index (χ3v) is 4.11. The van der Waals surface area contributed by atoms with E-state index in [4.69, 9.17) is 4.74 Å². The number of aromatic hydroxyl groups is 3. The fraction of sp³-hybridized carbons (Fsp3) is 0.294.